The van der Waals surface area contributed by atoms with Crippen LogP contribution < -0.4 is 0 Å². The summed E-state index contributed by atoms with van der Waals surface area (Å²) >= 11 is 0. The number of aromatic nitrogens is 2. The first kappa shape index (κ1) is 12.3. The van der Waals surface area contributed by atoms with E-state index in [0.29, 0.717) is 6.61 Å². The zero-order valence-corrected chi connectivity index (χ0v) is 8.72. The molecule has 1 aliphatic rings. The van der Waals surface area contributed by atoms with Gasteiger partial charge in [-0.05, 0) is 25.3 Å². The van der Waals surface area contributed by atoms with Crippen LogP contribution in [0.1, 0.15) is 36.0 Å². The molecule has 1 unspecified atom stereocenters. The number of carboxylic acids is 1. The summed E-state index contributed by atoms with van der Waals surface area (Å²) in [5.74, 6) is -0.961. The summed E-state index contributed by atoms with van der Waals surface area (Å²) in [5, 5.41) is 12.8. The fraction of sp³-hybridized carbons (Fsp3) is 0.556. The van der Waals surface area contributed by atoms with Gasteiger partial charge < -0.3 is 9.84 Å². The molecule has 0 aliphatic carbocycles. The molecule has 1 saturated heterocycles. The van der Waals surface area contributed by atoms with Crippen molar-refractivity contribution in [2.75, 3.05) is 6.61 Å². The number of hydrogen-bond acceptors (Lipinski definition) is 3. The number of ether oxygens (including phenoxy) is 1. The predicted molar refractivity (Wildman–Crippen MR) is 53.8 cm³/mol. The standard InChI is InChI=1S/C9H12N2O3.Li/c12-9(13)7-4-5-10-11(7)8-3-1-2-6-14-8;/h4-5,8H,1-3,6H2,(H,12,13);. The Bertz CT molecular complexity index is 334. The second-order valence-electron chi connectivity index (χ2n) is 3.29. The maximum absolute atomic E-state index is 10.8. The molecule has 1 aliphatic heterocycles. The van der Waals surface area contributed by atoms with Gasteiger partial charge in [0.25, 0.3) is 0 Å². The Morgan fingerprint density at radius 3 is 3.00 bits per heavy atom. The Labute approximate surface area is 99.6 Å². The Morgan fingerprint density at radius 1 is 1.60 bits per heavy atom. The van der Waals surface area contributed by atoms with E-state index in [0.717, 1.165) is 19.3 Å². The van der Waals surface area contributed by atoms with Crippen LogP contribution in [0.4, 0.5) is 0 Å². The van der Waals surface area contributed by atoms with Crippen molar-refractivity contribution in [2.24, 2.45) is 0 Å². The number of carbonyl (C=O) groups is 1. The maximum atomic E-state index is 10.8. The van der Waals surface area contributed by atoms with E-state index >= 15 is 0 Å². The van der Waals surface area contributed by atoms with Crippen molar-refractivity contribution in [3.63, 3.8) is 0 Å². The molecule has 15 heavy (non-hydrogen) atoms. The van der Waals surface area contributed by atoms with Crippen molar-refractivity contribution in [2.45, 2.75) is 25.5 Å². The molecule has 2 rings (SSSR count). The average Bonchev–Trinajstić information content (AvgIpc) is 2.67. The molecule has 1 atom stereocenters. The van der Waals surface area contributed by atoms with E-state index in [1.165, 1.54) is 16.9 Å². The largest absolute Gasteiger partial charge is 0.477 e. The molecule has 1 aromatic heterocycles. The van der Waals surface area contributed by atoms with Crippen LogP contribution in [-0.4, -0.2) is 46.3 Å². The van der Waals surface area contributed by atoms with E-state index in [1.54, 1.807) is 0 Å². The minimum atomic E-state index is -0.961. The summed E-state index contributed by atoms with van der Waals surface area (Å²) in [7, 11) is 0. The minimum absolute atomic E-state index is 0. The second kappa shape index (κ2) is 5.36. The van der Waals surface area contributed by atoms with Gasteiger partial charge in [0, 0.05) is 31.7 Å². The van der Waals surface area contributed by atoms with E-state index in [1.807, 2.05) is 0 Å². The minimum Gasteiger partial charge on any atom is -0.477 e. The molecular formula is C9H12LiN2O3. The predicted octanol–water partition coefficient (Wildman–Crippen LogP) is 0.900. The number of rotatable bonds is 2. The van der Waals surface area contributed by atoms with Gasteiger partial charge in [0.1, 0.15) is 5.69 Å². The van der Waals surface area contributed by atoms with Crippen LogP contribution in [0.5, 0.6) is 0 Å². The zero-order valence-electron chi connectivity index (χ0n) is 8.72. The van der Waals surface area contributed by atoms with Gasteiger partial charge in [0.15, 0.2) is 6.23 Å². The van der Waals surface area contributed by atoms with Gasteiger partial charge in [-0.3, -0.25) is 0 Å². The van der Waals surface area contributed by atoms with Crippen LogP contribution in [0.15, 0.2) is 12.3 Å². The van der Waals surface area contributed by atoms with Crippen molar-refractivity contribution < 1.29 is 14.6 Å². The van der Waals surface area contributed by atoms with E-state index in [4.69, 9.17) is 9.84 Å². The van der Waals surface area contributed by atoms with E-state index in [9.17, 15) is 4.79 Å². The first-order chi connectivity index (χ1) is 6.79. The van der Waals surface area contributed by atoms with Gasteiger partial charge in [-0.25, -0.2) is 9.48 Å². The normalized spacial score (nSPS) is 20.7. The maximum Gasteiger partial charge on any atom is 0.354 e. The third kappa shape index (κ3) is 2.62. The Morgan fingerprint density at radius 2 is 2.40 bits per heavy atom. The van der Waals surface area contributed by atoms with Crippen LogP contribution in [0.25, 0.3) is 0 Å². The molecule has 0 saturated carbocycles. The SMILES string of the molecule is O=C(O)c1ccnn1C1CCCCO1.[Li]. The molecule has 0 spiro atoms. The zero-order chi connectivity index (χ0) is 9.97. The summed E-state index contributed by atoms with van der Waals surface area (Å²) < 4.78 is 6.90. The van der Waals surface area contributed by atoms with Crippen LogP contribution in [-0.2, 0) is 4.74 Å². The fourth-order valence-electron chi connectivity index (χ4n) is 1.63. The topological polar surface area (TPSA) is 64.3 Å². The molecule has 0 aromatic carbocycles. The average molecular weight is 203 g/mol. The number of aromatic carboxylic acids is 1. The van der Waals surface area contributed by atoms with Crippen LogP contribution in [0, 0.1) is 0 Å². The quantitative estimate of drug-likeness (QED) is 0.725. The third-order valence-corrected chi connectivity index (χ3v) is 2.32. The van der Waals surface area contributed by atoms with Crippen LogP contribution in [0.3, 0.4) is 0 Å². The Kier molecular flexibility index (Phi) is 4.40. The van der Waals surface area contributed by atoms with Crippen molar-refractivity contribution in [1.29, 1.82) is 0 Å². The summed E-state index contributed by atoms with van der Waals surface area (Å²) in [6.45, 7) is 0.684. The van der Waals surface area contributed by atoms with Crippen molar-refractivity contribution in [3.05, 3.63) is 18.0 Å². The van der Waals surface area contributed by atoms with Crippen molar-refractivity contribution >= 4 is 24.8 Å². The monoisotopic (exact) mass is 203 g/mol. The van der Waals surface area contributed by atoms with Gasteiger partial charge in [-0.2, -0.15) is 5.10 Å². The summed E-state index contributed by atoms with van der Waals surface area (Å²) in [5.41, 5.74) is 0.192. The molecule has 0 bridgehead atoms. The van der Waals surface area contributed by atoms with E-state index in [2.05, 4.69) is 5.10 Å². The Balaban J connectivity index is 0.00000112. The number of hydrogen-bond donors (Lipinski definition) is 1. The molecule has 0 amide bonds. The first-order valence-electron chi connectivity index (χ1n) is 4.67. The van der Waals surface area contributed by atoms with Gasteiger partial charge in [0.05, 0.1) is 0 Å². The molecule has 2 heterocycles. The molecule has 1 aromatic rings. The molecule has 77 valence electrons. The van der Waals surface area contributed by atoms with Gasteiger partial charge in [-0.15, -0.1) is 0 Å². The molecule has 1 fully saturated rings. The fourth-order valence-corrected chi connectivity index (χ4v) is 1.63. The van der Waals surface area contributed by atoms with Gasteiger partial charge in [-0.1, -0.05) is 0 Å². The molecule has 6 heteroatoms. The molecular weight excluding hydrogens is 191 g/mol. The number of nitrogens with zero attached hydrogens (tertiary/aromatic N) is 2. The van der Waals surface area contributed by atoms with Gasteiger partial charge >= 0.3 is 5.97 Å². The second-order valence-corrected chi connectivity index (χ2v) is 3.29. The smallest absolute Gasteiger partial charge is 0.354 e. The molecule has 1 radical (unpaired) electrons. The summed E-state index contributed by atoms with van der Waals surface area (Å²) in [6.07, 6.45) is 4.22. The number of carboxylic acid groups (broad SMARTS) is 1. The van der Waals surface area contributed by atoms with Crippen molar-refractivity contribution in [1.82, 2.24) is 9.78 Å². The third-order valence-electron chi connectivity index (χ3n) is 2.32. The first-order valence-corrected chi connectivity index (χ1v) is 4.67. The van der Waals surface area contributed by atoms with E-state index < -0.39 is 5.97 Å². The summed E-state index contributed by atoms with van der Waals surface area (Å²) in [4.78, 5) is 10.8. The van der Waals surface area contributed by atoms with Crippen LogP contribution in [0.2, 0.25) is 0 Å². The Hall–Kier alpha value is -0.763. The van der Waals surface area contributed by atoms with Gasteiger partial charge in [0.2, 0.25) is 0 Å². The molecule has 1 N–H and O–H groups in total. The summed E-state index contributed by atoms with van der Waals surface area (Å²) in [6, 6.07) is 1.49. The van der Waals surface area contributed by atoms with Crippen molar-refractivity contribution in [3.8, 4) is 0 Å². The molecule has 5 nitrogen and oxygen atoms in total. The van der Waals surface area contributed by atoms with E-state index in [-0.39, 0.29) is 30.8 Å². The van der Waals surface area contributed by atoms with Crippen LogP contribution >= 0.6 is 0 Å².